The fraction of sp³-hybridized carbons (Fsp3) is 1.00. The Balaban J connectivity index is 0.000000640. The van der Waals surface area contributed by atoms with E-state index >= 15 is 0 Å². The maximum Gasteiger partial charge on any atom is 0.0587 e. The molecule has 9 heavy (non-hydrogen) atoms. The van der Waals surface area contributed by atoms with E-state index in [0.717, 1.165) is 8.58 Å². The summed E-state index contributed by atoms with van der Waals surface area (Å²) >= 11 is 0. The van der Waals surface area contributed by atoms with Crippen molar-refractivity contribution in [2.45, 2.75) is 26.1 Å². The molecule has 0 aliphatic carbocycles. The second-order valence-electron chi connectivity index (χ2n) is 2.42. The van der Waals surface area contributed by atoms with E-state index in [1.54, 1.807) is 0 Å². The molecular formula is C6H13BOP. The molecule has 1 rings (SSSR count). The summed E-state index contributed by atoms with van der Waals surface area (Å²) in [5.41, 5.74) is 0. The standard InChI is InChI=1S/C6H13OP.B/c1-5-3-8-4-6(2)7-5;/h5-6,8H,3-4H2,1-2H3;/t5-,6-;/m1./s1. The van der Waals surface area contributed by atoms with Crippen LogP contribution in [0.5, 0.6) is 0 Å². The summed E-state index contributed by atoms with van der Waals surface area (Å²) in [5, 5.41) is 0. The average molecular weight is 143 g/mol. The van der Waals surface area contributed by atoms with Gasteiger partial charge in [0.2, 0.25) is 0 Å². The molecule has 0 aromatic rings. The average Bonchev–Trinajstić information content (AvgIpc) is 1.64. The second-order valence-corrected chi connectivity index (χ2v) is 3.73. The normalized spacial score (nSPS) is 38.0. The highest BCUT2D eigenvalue weighted by Gasteiger charge is 2.13. The van der Waals surface area contributed by atoms with Crippen LogP contribution in [0.4, 0.5) is 0 Å². The lowest BCUT2D eigenvalue weighted by Crippen LogP contribution is -2.25. The largest absolute Gasteiger partial charge is 0.375 e. The molecule has 0 unspecified atom stereocenters. The Bertz CT molecular complexity index is 71.5. The van der Waals surface area contributed by atoms with Gasteiger partial charge in [0.25, 0.3) is 0 Å². The van der Waals surface area contributed by atoms with Crippen molar-refractivity contribution in [1.29, 1.82) is 0 Å². The fourth-order valence-corrected chi connectivity index (χ4v) is 2.15. The van der Waals surface area contributed by atoms with Gasteiger partial charge >= 0.3 is 0 Å². The summed E-state index contributed by atoms with van der Waals surface area (Å²) in [5.74, 6) is 0. The molecule has 0 aromatic heterocycles. The Kier molecular flexibility index (Phi) is 4.52. The van der Waals surface area contributed by atoms with Gasteiger partial charge in [-0.3, -0.25) is 0 Å². The van der Waals surface area contributed by atoms with Gasteiger partial charge in [-0.1, -0.05) is 0 Å². The van der Waals surface area contributed by atoms with Crippen LogP contribution in [-0.2, 0) is 4.74 Å². The minimum absolute atomic E-state index is 0. The summed E-state index contributed by atoms with van der Waals surface area (Å²) in [4.78, 5) is 0. The fourth-order valence-electron chi connectivity index (χ4n) is 0.983. The summed E-state index contributed by atoms with van der Waals surface area (Å²) < 4.78 is 5.49. The van der Waals surface area contributed by atoms with Crippen LogP contribution in [0.25, 0.3) is 0 Å². The van der Waals surface area contributed by atoms with Crippen LogP contribution in [0.15, 0.2) is 0 Å². The van der Waals surface area contributed by atoms with E-state index < -0.39 is 0 Å². The Morgan fingerprint density at radius 3 is 1.89 bits per heavy atom. The monoisotopic (exact) mass is 143 g/mol. The van der Waals surface area contributed by atoms with Crippen molar-refractivity contribution in [3.8, 4) is 0 Å². The van der Waals surface area contributed by atoms with E-state index in [9.17, 15) is 0 Å². The Morgan fingerprint density at radius 2 is 1.67 bits per heavy atom. The van der Waals surface area contributed by atoms with Gasteiger partial charge in [-0.15, -0.1) is 8.58 Å². The summed E-state index contributed by atoms with van der Waals surface area (Å²) in [7, 11) is 1.14. The van der Waals surface area contributed by atoms with E-state index in [0.29, 0.717) is 12.2 Å². The number of hydrogen-bond donors (Lipinski definition) is 0. The zero-order valence-corrected chi connectivity index (χ0v) is 7.05. The lowest BCUT2D eigenvalue weighted by molar-refractivity contribution is 0.0278. The molecule has 1 nitrogen and oxygen atoms in total. The van der Waals surface area contributed by atoms with Gasteiger partial charge < -0.3 is 4.74 Å². The molecule has 51 valence electrons. The molecule has 2 atom stereocenters. The van der Waals surface area contributed by atoms with Crippen LogP contribution in [0, 0.1) is 0 Å². The third kappa shape index (κ3) is 3.22. The van der Waals surface area contributed by atoms with Crippen molar-refractivity contribution < 1.29 is 4.74 Å². The summed E-state index contributed by atoms with van der Waals surface area (Å²) in [6.45, 7) is 4.31. The SMILES string of the molecule is C[C@@H]1CPC[C@@H](C)O1.[B]. The van der Waals surface area contributed by atoms with Gasteiger partial charge in [-0.25, -0.2) is 0 Å². The van der Waals surface area contributed by atoms with Gasteiger partial charge in [-0.2, -0.15) is 0 Å². The molecule has 0 saturated carbocycles. The van der Waals surface area contributed by atoms with Crippen LogP contribution in [-0.4, -0.2) is 32.9 Å². The molecule has 1 aliphatic rings. The van der Waals surface area contributed by atoms with Crippen molar-refractivity contribution in [3.05, 3.63) is 0 Å². The van der Waals surface area contributed by atoms with Crippen molar-refractivity contribution in [2.75, 3.05) is 12.3 Å². The maximum atomic E-state index is 5.49. The molecule has 3 heteroatoms. The van der Waals surface area contributed by atoms with Gasteiger partial charge in [0, 0.05) is 8.41 Å². The first-order valence-electron chi connectivity index (χ1n) is 3.15. The highest BCUT2D eigenvalue weighted by molar-refractivity contribution is 7.38. The molecule has 1 aliphatic heterocycles. The molecule has 0 aromatic carbocycles. The first kappa shape index (κ1) is 9.45. The number of hydrogen-bond acceptors (Lipinski definition) is 1. The van der Waals surface area contributed by atoms with Crippen LogP contribution in [0.2, 0.25) is 0 Å². The highest BCUT2D eigenvalue weighted by Crippen LogP contribution is 2.22. The minimum atomic E-state index is 0. The predicted octanol–water partition coefficient (Wildman–Crippen LogP) is 1.09. The molecule has 0 spiro atoms. The molecular weight excluding hydrogens is 130 g/mol. The minimum Gasteiger partial charge on any atom is -0.375 e. The van der Waals surface area contributed by atoms with Crippen molar-refractivity contribution in [1.82, 2.24) is 0 Å². The van der Waals surface area contributed by atoms with Crippen LogP contribution >= 0.6 is 8.58 Å². The Morgan fingerprint density at radius 1 is 1.22 bits per heavy atom. The zero-order valence-electron chi connectivity index (χ0n) is 6.05. The van der Waals surface area contributed by atoms with E-state index in [1.165, 1.54) is 12.3 Å². The quantitative estimate of drug-likeness (QED) is 0.364. The molecule has 0 amide bonds. The first-order chi connectivity index (χ1) is 3.79. The van der Waals surface area contributed by atoms with Crippen molar-refractivity contribution in [3.63, 3.8) is 0 Å². The van der Waals surface area contributed by atoms with E-state index in [2.05, 4.69) is 13.8 Å². The molecule has 1 saturated heterocycles. The Labute approximate surface area is 60.9 Å². The van der Waals surface area contributed by atoms with Crippen LogP contribution < -0.4 is 0 Å². The van der Waals surface area contributed by atoms with E-state index in [4.69, 9.17) is 4.74 Å². The van der Waals surface area contributed by atoms with Crippen LogP contribution in [0.3, 0.4) is 0 Å². The molecule has 3 radical (unpaired) electrons. The van der Waals surface area contributed by atoms with Gasteiger partial charge in [-0.05, 0) is 26.2 Å². The zero-order chi connectivity index (χ0) is 5.98. The number of ether oxygens (including phenoxy) is 1. The first-order valence-corrected chi connectivity index (χ1v) is 4.56. The lowest BCUT2D eigenvalue weighted by atomic mass is 10.4. The summed E-state index contributed by atoms with van der Waals surface area (Å²) in [6, 6.07) is 0. The predicted molar refractivity (Wildman–Crippen MR) is 43.8 cm³/mol. The van der Waals surface area contributed by atoms with Gasteiger partial charge in [0.05, 0.1) is 12.2 Å². The Hall–Kier alpha value is 0.455. The third-order valence-corrected chi connectivity index (χ3v) is 3.06. The molecule has 0 bridgehead atoms. The van der Waals surface area contributed by atoms with Gasteiger partial charge in [0.15, 0.2) is 0 Å². The second kappa shape index (κ2) is 4.30. The summed E-state index contributed by atoms with van der Waals surface area (Å²) in [6.07, 6.45) is 3.61. The van der Waals surface area contributed by atoms with E-state index in [-0.39, 0.29) is 8.41 Å². The lowest BCUT2D eigenvalue weighted by Gasteiger charge is -2.24. The van der Waals surface area contributed by atoms with E-state index in [1.807, 2.05) is 0 Å². The highest BCUT2D eigenvalue weighted by atomic mass is 31.1. The smallest absolute Gasteiger partial charge is 0.0587 e. The third-order valence-electron chi connectivity index (χ3n) is 1.33. The van der Waals surface area contributed by atoms with Gasteiger partial charge in [0.1, 0.15) is 0 Å². The van der Waals surface area contributed by atoms with Crippen molar-refractivity contribution >= 4 is 17.0 Å². The van der Waals surface area contributed by atoms with Crippen LogP contribution in [0.1, 0.15) is 13.8 Å². The molecule has 1 fully saturated rings. The molecule has 0 N–H and O–H groups in total. The maximum absolute atomic E-state index is 5.49. The molecule has 1 heterocycles. The van der Waals surface area contributed by atoms with Crippen molar-refractivity contribution in [2.24, 2.45) is 0 Å². The number of rotatable bonds is 0. The topological polar surface area (TPSA) is 9.23 Å².